The topological polar surface area (TPSA) is 76.0 Å². The first-order valence-electron chi connectivity index (χ1n) is 2.86. The molecular weight excluding hydrogens is 140 g/mol. The predicted octanol–water partition coefficient (Wildman–Crippen LogP) is -1.44. The number of hydrogen-bond donors (Lipinski definition) is 2. The first kappa shape index (κ1) is 6.09. The van der Waals surface area contributed by atoms with E-state index in [1.165, 1.54) is 0 Å². The van der Waals surface area contributed by atoms with E-state index in [-0.39, 0.29) is 6.79 Å². The van der Waals surface area contributed by atoms with Gasteiger partial charge in [0.25, 0.3) is 0 Å². The van der Waals surface area contributed by atoms with Gasteiger partial charge in [-0.25, -0.2) is 4.79 Å². The zero-order valence-corrected chi connectivity index (χ0v) is 4.98. The molecule has 2 fully saturated rings. The van der Waals surface area contributed by atoms with Crippen LogP contribution in [0.3, 0.4) is 0 Å². The molecule has 2 unspecified atom stereocenters. The highest BCUT2D eigenvalue weighted by Gasteiger charge is 2.75. The molecule has 2 rings (SSSR count). The first-order valence-corrected chi connectivity index (χ1v) is 2.86. The minimum absolute atomic E-state index is 0.0882. The molecule has 0 aromatic rings. The molecule has 1 saturated carbocycles. The van der Waals surface area contributed by atoms with Gasteiger partial charge in [-0.05, 0) is 0 Å². The third-order valence-corrected chi connectivity index (χ3v) is 1.87. The van der Waals surface area contributed by atoms with Gasteiger partial charge < -0.3 is 19.7 Å². The van der Waals surface area contributed by atoms with Crippen molar-refractivity contribution in [3.8, 4) is 0 Å². The third kappa shape index (κ3) is 0.461. The molecule has 10 heavy (non-hydrogen) atoms. The molecule has 1 aliphatic carbocycles. The summed E-state index contributed by atoms with van der Waals surface area (Å²) in [5.41, 5.74) is -1.77. The number of carboxylic acids is 1. The van der Waals surface area contributed by atoms with Gasteiger partial charge in [-0.15, -0.1) is 0 Å². The summed E-state index contributed by atoms with van der Waals surface area (Å²) in [4.78, 5) is 10.3. The average Bonchev–Trinajstić information content (AvgIpc) is 2.28. The summed E-state index contributed by atoms with van der Waals surface area (Å²) >= 11 is 0. The number of aliphatic hydroxyl groups is 1. The van der Waals surface area contributed by atoms with Crippen LogP contribution in [-0.4, -0.2) is 40.8 Å². The second kappa shape index (κ2) is 1.50. The standard InChI is InChI=1S/C5H6O5/c6-4(7)5(8)2-3(5)10-1-9-2/h2-3,8H,1H2,(H,6,7). The van der Waals surface area contributed by atoms with E-state index in [0.29, 0.717) is 0 Å². The molecule has 0 amide bonds. The van der Waals surface area contributed by atoms with Gasteiger partial charge in [-0.1, -0.05) is 0 Å². The second-order valence-corrected chi connectivity index (χ2v) is 2.42. The molecule has 2 atom stereocenters. The normalized spacial score (nSPS) is 50.5. The number of fused-ring (bicyclic) bond motifs is 1. The van der Waals surface area contributed by atoms with E-state index in [4.69, 9.17) is 19.7 Å². The Labute approximate surface area is 56.2 Å². The summed E-state index contributed by atoms with van der Waals surface area (Å²) in [5.74, 6) is -1.28. The minimum Gasteiger partial charge on any atom is -0.479 e. The second-order valence-electron chi connectivity index (χ2n) is 2.42. The van der Waals surface area contributed by atoms with Crippen molar-refractivity contribution in [2.45, 2.75) is 17.8 Å². The summed E-state index contributed by atoms with van der Waals surface area (Å²) in [6, 6.07) is 0. The van der Waals surface area contributed by atoms with E-state index in [9.17, 15) is 4.79 Å². The van der Waals surface area contributed by atoms with Crippen LogP contribution in [0.25, 0.3) is 0 Å². The molecule has 0 spiro atoms. The number of carboxylic acid groups (broad SMARTS) is 1. The molecular formula is C5H6O5. The lowest BCUT2D eigenvalue weighted by atomic mass is 10.3. The van der Waals surface area contributed by atoms with Gasteiger partial charge in [0.1, 0.15) is 19.0 Å². The fraction of sp³-hybridized carbons (Fsp3) is 0.800. The summed E-state index contributed by atoms with van der Waals surface area (Å²) in [6.45, 7) is 0.0882. The van der Waals surface area contributed by atoms with Crippen LogP contribution >= 0.6 is 0 Å². The quantitative estimate of drug-likeness (QED) is 0.473. The SMILES string of the molecule is O=C(O)C1(O)C2OCOC21. The van der Waals surface area contributed by atoms with Gasteiger partial charge in [-0.3, -0.25) is 0 Å². The Morgan fingerprint density at radius 3 is 2.30 bits per heavy atom. The van der Waals surface area contributed by atoms with E-state index in [2.05, 4.69) is 0 Å². The van der Waals surface area contributed by atoms with E-state index in [1.54, 1.807) is 0 Å². The van der Waals surface area contributed by atoms with Crippen LogP contribution in [0.2, 0.25) is 0 Å². The Morgan fingerprint density at radius 2 is 2.00 bits per heavy atom. The zero-order chi connectivity index (χ0) is 7.35. The van der Waals surface area contributed by atoms with Crippen LogP contribution in [0.1, 0.15) is 0 Å². The maximum absolute atomic E-state index is 10.3. The fourth-order valence-corrected chi connectivity index (χ4v) is 1.17. The van der Waals surface area contributed by atoms with E-state index >= 15 is 0 Å². The predicted molar refractivity (Wildman–Crippen MR) is 27.2 cm³/mol. The Morgan fingerprint density at radius 1 is 1.50 bits per heavy atom. The Kier molecular flexibility index (Phi) is 0.912. The van der Waals surface area contributed by atoms with Gasteiger partial charge in [0.05, 0.1) is 0 Å². The Bertz CT molecular complexity index is 178. The molecule has 1 aliphatic heterocycles. The van der Waals surface area contributed by atoms with Gasteiger partial charge >= 0.3 is 5.97 Å². The molecule has 0 aromatic heterocycles. The molecule has 1 heterocycles. The minimum atomic E-state index is -1.77. The van der Waals surface area contributed by atoms with Gasteiger partial charge in [0, 0.05) is 0 Å². The van der Waals surface area contributed by atoms with Crippen molar-refractivity contribution in [1.82, 2.24) is 0 Å². The smallest absolute Gasteiger partial charge is 0.341 e. The van der Waals surface area contributed by atoms with Crippen LogP contribution < -0.4 is 0 Å². The lowest BCUT2D eigenvalue weighted by molar-refractivity contribution is -0.162. The van der Waals surface area contributed by atoms with Crippen molar-refractivity contribution >= 4 is 5.97 Å². The molecule has 0 bridgehead atoms. The third-order valence-electron chi connectivity index (χ3n) is 1.87. The summed E-state index contributed by atoms with van der Waals surface area (Å²) in [7, 11) is 0. The summed E-state index contributed by atoms with van der Waals surface area (Å²) in [6.07, 6.45) is -1.30. The maximum Gasteiger partial charge on any atom is 0.341 e. The van der Waals surface area contributed by atoms with Crippen molar-refractivity contribution in [1.29, 1.82) is 0 Å². The largest absolute Gasteiger partial charge is 0.479 e. The van der Waals surface area contributed by atoms with Crippen molar-refractivity contribution in [3.05, 3.63) is 0 Å². The van der Waals surface area contributed by atoms with Crippen molar-refractivity contribution < 1.29 is 24.5 Å². The summed E-state index contributed by atoms with van der Waals surface area (Å²) < 4.78 is 9.50. The van der Waals surface area contributed by atoms with Crippen molar-refractivity contribution in [2.75, 3.05) is 6.79 Å². The number of aliphatic carboxylic acids is 1. The van der Waals surface area contributed by atoms with Crippen LogP contribution in [0.15, 0.2) is 0 Å². The monoisotopic (exact) mass is 146 g/mol. The lowest BCUT2D eigenvalue weighted by Gasteiger charge is -2.06. The summed E-state index contributed by atoms with van der Waals surface area (Å²) in [5, 5.41) is 17.5. The van der Waals surface area contributed by atoms with E-state index < -0.39 is 23.8 Å². The molecule has 5 heteroatoms. The lowest BCUT2D eigenvalue weighted by Crippen LogP contribution is -2.31. The van der Waals surface area contributed by atoms with E-state index in [1.807, 2.05) is 0 Å². The molecule has 2 aliphatic rings. The number of carbonyl (C=O) groups is 1. The van der Waals surface area contributed by atoms with Crippen LogP contribution in [0, 0.1) is 0 Å². The van der Waals surface area contributed by atoms with Crippen molar-refractivity contribution in [2.24, 2.45) is 0 Å². The molecule has 2 N–H and O–H groups in total. The highest BCUT2D eigenvalue weighted by Crippen LogP contribution is 2.46. The number of rotatable bonds is 1. The molecule has 1 saturated heterocycles. The van der Waals surface area contributed by atoms with Gasteiger partial charge in [-0.2, -0.15) is 0 Å². The Hall–Kier alpha value is -0.650. The average molecular weight is 146 g/mol. The molecule has 0 radical (unpaired) electrons. The fourth-order valence-electron chi connectivity index (χ4n) is 1.17. The number of ether oxygens (including phenoxy) is 2. The number of hydrogen-bond acceptors (Lipinski definition) is 4. The molecule has 5 nitrogen and oxygen atoms in total. The van der Waals surface area contributed by atoms with Gasteiger partial charge in [0.2, 0.25) is 5.60 Å². The van der Waals surface area contributed by atoms with Crippen LogP contribution in [0.5, 0.6) is 0 Å². The van der Waals surface area contributed by atoms with Crippen molar-refractivity contribution in [3.63, 3.8) is 0 Å². The Balaban J connectivity index is 2.17. The van der Waals surface area contributed by atoms with Gasteiger partial charge in [0.15, 0.2) is 0 Å². The maximum atomic E-state index is 10.3. The highest BCUT2D eigenvalue weighted by atomic mass is 16.7. The van der Waals surface area contributed by atoms with Crippen LogP contribution in [0.4, 0.5) is 0 Å². The zero-order valence-electron chi connectivity index (χ0n) is 4.98. The highest BCUT2D eigenvalue weighted by molar-refractivity contribution is 5.84. The molecule has 0 aromatic carbocycles. The van der Waals surface area contributed by atoms with E-state index in [0.717, 1.165) is 0 Å². The molecule has 56 valence electrons. The first-order chi connectivity index (χ1) is 4.67. The van der Waals surface area contributed by atoms with Crippen LogP contribution in [-0.2, 0) is 14.3 Å².